The molecule has 0 spiro atoms. The van der Waals surface area contributed by atoms with Gasteiger partial charge in [0.15, 0.2) is 0 Å². The van der Waals surface area contributed by atoms with E-state index in [1.165, 1.54) is 12.8 Å². The van der Waals surface area contributed by atoms with Gasteiger partial charge in [-0.2, -0.15) is 0 Å². The van der Waals surface area contributed by atoms with E-state index in [0.717, 1.165) is 18.8 Å². The van der Waals surface area contributed by atoms with Crippen LogP contribution in [-0.4, -0.2) is 11.2 Å². The highest BCUT2D eigenvalue weighted by atomic mass is 16.3. The van der Waals surface area contributed by atoms with Crippen molar-refractivity contribution in [2.24, 2.45) is 0 Å². The highest BCUT2D eigenvalue weighted by Crippen LogP contribution is 2.11. The fourth-order valence-electron chi connectivity index (χ4n) is 0.876. The van der Waals surface area contributed by atoms with Crippen LogP contribution in [0.4, 0.5) is 0 Å². The molecule has 0 heterocycles. The zero-order valence-corrected chi connectivity index (χ0v) is 7.35. The molecule has 0 fully saturated rings. The van der Waals surface area contributed by atoms with Crippen LogP contribution in [0.5, 0.6) is 0 Å². The van der Waals surface area contributed by atoms with Crippen molar-refractivity contribution in [2.45, 2.75) is 52.6 Å². The topological polar surface area (TPSA) is 20.2 Å². The summed E-state index contributed by atoms with van der Waals surface area (Å²) >= 11 is 0. The van der Waals surface area contributed by atoms with Gasteiger partial charge in [0, 0.05) is 0 Å². The minimum atomic E-state index is -0.161. The number of hydrogen-bond donors (Lipinski definition) is 1. The van der Waals surface area contributed by atoms with Crippen molar-refractivity contribution in [1.82, 2.24) is 0 Å². The smallest absolute Gasteiger partial charge is 0.0597 e. The first kappa shape index (κ1) is 9.96. The molecule has 0 amide bonds. The molecule has 10 heavy (non-hydrogen) atoms. The second-order valence-electron chi connectivity index (χ2n) is 3.09. The van der Waals surface area contributed by atoms with Crippen LogP contribution in [0.1, 0.15) is 46.5 Å². The van der Waals surface area contributed by atoms with Gasteiger partial charge in [-0.15, -0.1) is 0 Å². The van der Waals surface area contributed by atoms with Crippen LogP contribution < -0.4 is 0 Å². The predicted molar refractivity (Wildman–Crippen MR) is 44.7 cm³/mol. The van der Waals surface area contributed by atoms with E-state index >= 15 is 0 Å². The lowest BCUT2D eigenvalue weighted by molar-refractivity contribution is 0.174. The maximum atomic E-state index is 9.32. The van der Waals surface area contributed by atoms with E-state index in [1.807, 2.05) is 13.8 Å². The van der Waals surface area contributed by atoms with E-state index < -0.39 is 0 Å². The lowest BCUT2D eigenvalue weighted by Crippen LogP contribution is -2.11. The Morgan fingerprint density at radius 3 is 2.30 bits per heavy atom. The number of hydrogen-bond acceptors (Lipinski definition) is 1. The van der Waals surface area contributed by atoms with Gasteiger partial charge in [-0.1, -0.05) is 40.0 Å². The standard InChI is InChI=1S/C9H19O/c1-4-5-6-7-9(10)8(2)3/h9-10H,4-7H2,1-3H3. The summed E-state index contributed by atoms with van der Waals surface area (Å²) in [5.74, 6) is 1.14. The molecule has 1 N–H and O–H groups in total. The summed E-state index contributed by atoms with van der Waals surface area (Å²) in [6.07, 6.45) is 4.41. The van der Waals surface area contributed by atoms with Crippen LogP contribution >= 0.6 is 0 Å². The highest BCUT2D eigenvalue weighted by Gasteiger charge is 2.07. The van der Waals surface area contributed by atoms with Crippen molar-refractivity contribution < 1.29 is 5.11 Å². The molecule has 1 atom stereocenters. The summed E-state index contributed by atoms with van der Waals surface area (Å²) in [5.41, 5.74) is 0. The van der Waals surface area contributed by atoms with Crippen LogP contribution in [-0.2, 0) is 0 Å². The summed E-state index contributed by atoms with van der Waals surface area (Å²) in [4.78, 5) is 0. The lowest BCUT2D eigenvalue weighted by atomic mass is 10.0. The zero-order chi connectivity index (χ0) is 7.98. The molecule has 0 aromatic carbocycles. The lowest BCUT2D eigenvalue weighted by Gasteiger charge is -2.12. The Balaban J connectivity index is 3.13. The summed E-state index contributed by atoms with van der Waals surface area (Å²) in [5, 5.41) is 9.32. The molecular weight excluding hydrogens is 124 g/mol. The highest BCUT2D eigenvalue weighted by molar-refractivity contribution is 4.86. The van der Waals surface area contributed by atoms with Gasteiger partial charge in [0.2, 0.25) is 0 Å². The molecule has 0 aliphatic carbocycles. The van der Waals surface area contributed by atoms with E-state index in [9.17, 15) is 5.11 Å². The van der Waals surface area contributed by atoms with Gasteiger partial charge < -0.3 is 5.11 Å². The maximum Gasteiger partial charge on any atom is 0.0597 e. The van der Waals surface area contributed by atoms with Crippen molar-refractivity contribution in [2.75, 3.05) is 0 Å². The number of aliphatic hydroxyl groups is 1. The molecule has 1 radical (unpaired) electrons. The van der Waals surface area contributed by atoms with Crippen molar-refractivity contribution in [3.05, 3.63) is 5.92 Å². The Hall–Kier alpha value is -0.0400. The predicted octanol–water partition coefficient (Wildman–Crippen LogP) is 2.54. The average Bonchev–Trinajstić information content (AvgIpc) is 1.88. The van der Waals surface area contributed by atoms with E-state index in [0.29, 0.717) is 0 Å². The van der Waals surface area contributed by atoms with E-state index in [-0.39, 0.29) is 6.10 Å². The molecular formula is C9H19O. The van der Waals surface area contributed by atoms with E-state index in [4.69, 9.17) is 0 Å². The fourth-order valence-corrected chi connectivity index (χ4v) is 0.876. The second-order valence-corrected chi connectivity index (χ2v) is 3.09. The van der Waals surface area contributed by atoms with Crippen LogP contribution in [0.2, 0.25) is 0 Å². The van der Waals surface area contributed by atoms with E-state index in [1.54, 1.807) is 0 Å². The van der Waals surface area contributed by atoms with Gasteiger partial charge in [0.05, 0.1) is 6.10 Å². The Morgan fingerprint density at radius 1 is 1.30 bits per heavy atom. The summed E-state index contributed by atoms with van der Waals surface area (Å²) in [6, 6.07) is 0. The van der Waals surface area contributed by atoms with Gasteiger partial charge in [-0.05, 0) is 12.3 Å². The SMILES string of the molecule is CCCCCC(O)[C](C)C. The number of rotatable bonds is 5. The molecule has 0 rings (SSSR count). The largest absolute Gasteiger partial charge is 0.393 e. The van der Waals surface area contributed by atoms with Crippen LogP contribution in [0.15, 0.2) is 0 Å². The van der Waals surface area contributed by atoms with Crippen LogP contribution in [0.25, 0.3) is 0 Å². The monoisotopic (exact) mass is 143 g/mol. The minimum Gasteiger partial charge on any atom is -0.393 e. The Morgan fingerprint density at radius 2 is 1.90 bits per heavy atom. The molecule has 0 aliphatic rings. The number of unbranched alkanes of at least 4 members (excludes halogenated alkanes) is 2. The Labute approximate surface area is 64.5 Å². The molecule has 61 valence electrons. The Bertz CT molecular complexity index is 69.1. The van der Waals surface area contributed by atoms with Gasteiger partial charge in [0.1, 0.15) is 0 Å². The van der Waals surface area contributed by atoms with Gasteiger partial charge in [0.25, 0.3) is 0 Å². The summed E-state index contributed by atoms with van der Waals surface area (Å²) < 4.78 is 0. The van der Waals surface area contributed by atoms with Crippen molar-refractivity contribution >= 4 is 0 Å². The van der Waals surface area contributed by atoms with Crippen molar-refractivity contribution in [3.63, 3.8) is 0 Å². The van der Waals surface area contributed by atoms with Crippen molar-refractivity contribution in [1.29, 1.82) is 0 Å². The first-order valence-corrected chi connectivity index (χ1v) is 4.16. The third kappa shape index (κ3) is 4.80. The zero-order valence-electron chi connectivity index (χ0n) is 7.35. The third-order valence-corrected chi connectivity index (χ3v) is 1.75. The molecule has 0 aliphatic heterocycles. The third-order valence-electron chi connectivity index (χ3n) is 1.75. The first-order valence-electron chi connectivity index (χ1n) is 4.16. The summed E-state index contributed by atoms with van der Waals surface area (Å²) in [7, 11) is 0. The molecule has 0 aromatic heterocycles. The van der Waals surface area contributed by atoms with Gasteiger partial charge >= 0.3 is 0 Å². The quantitative estimate of drug-likeness (QED) is 0.586. The van der Waals surface area contributed by atoms with Gasteiger partial charge in [-0.3, -0.25) is 0 Å². The molecule has 0 saturated heterocycles. The molecule has 1 nitrogen and oxygen atoms in total. The van der Waals surface area contributed by atoms with Gasteiger partial charge in [-0.25, -0.2) is 0 Å². The normalized spacial score (nSPS) is 14.1. The van der Waals surface area contributed by atoms with E-state index in [2.05, 4.69) is 6.92 Å². The minimum absolute atomic E-state index is 0.161. The molecule has 1 heteroatoms. The number of aliphatic hydroxyl groups excluding tert-OH is 1. The Kier molecular flexibility index (Phi) is 5.70. The molecule has 0 bridgehead atoms. The fraction of sp³-hybridized carbons (Fsp3) is 0.889. The summed E-state index contributed by atoms with van der Waals surface area (Å²) in [6.45, 7) is 6.14. The molecule has 0 saturated carbocycles. The molecule has 1 unspecified atom stereocenters. The van der Waals surface area contributed by atoms with Crippen molar-refractivity contribution in [3.8, 4) is 0 Å². The first-order chi connectivity index (χ1) is 4.68. The van der Waals surface area contributed by atoms with Crippen LogP contribution in [0.3, 0.4) is 0 Å². The maximum absolute atomic E-state index is 9.32. The van der Waals surface area contributed by atoms with Crippen LogP contribution in [0, 0.1) is 5.92 Å². The average molecular weight is 143 g/mol. The molecule has 0 aromatic rings. The second kappa shape index (κ2) is 5.72.